The zero-order valence-corrected chi connectivity index (χ0v) is 12.0. The van der Waals surface area contributed by atoms with E-state index in [4.69, 9.17) is 4.42 Å². The van der Waals surface area contributed by atoms with E-state index >= 15 is 0 Å². The van der Waals surface area contributed by atoms with Gasteiger partial charge in [0.25, 0.3) is 0 Å². The van der Waals surface area contributed by atoms with Crippen LogP contribution >= 0.6 is 0 Å². The highest BCUT2D eigenvalue weighted by atomic mass is 16.3. The second-order valence-electron chi connectivity index (χ2n) is 5.54. The van der Waals surface area contributed by atoms with Crippen LogP contribution < -0.4 is 5.32 Å². The van der Waals surface area contributed by atoms with Gasteiger partial charge in [0, 0.05) is 18.2 Å². The first-order chi connectivity index (χ1) is 9.83. The number of hydrogen-bond acceptors (Lipinski definition) is 3. The molecule has 2 aromatic rings. The van der Waals surface area contributed by atoms with Gasteiger partial charge in [-0.3, -0.25) is 0 Å². The Kier molecular flexibility index (Phi) is 4.19. The lowest BCUT2D eigenvalue weighted by Crippen LogP contribution is -2.35. The van der Waals surface area contributed by atoms with Crippen molar-refractivity contribution in [1.29, 1.82) is 0 Å². The lowest BCUT2D eigenvalue weighted by atomic mass is 10.2. The second kappa shape index (κ2) is 6.25. The Hall–Kier alpha value is -1.58. The minimum Gasteiger partial charge on any atom is -0.460 e. The van der Waals surface area contributed by atoms with Crippen molar-refractivity contribution >= 4 is 0 Å². The molecule has 1 N–H and O–H groups in total. The number of likely N-dealkylation sites (tertiary alicyclic amines) is 1. The minimum atomic E-state index is 0.679. The van der Waals surface area contributed by atoms with Crippen molar-refractivity contribution in [3.05, 3.63) is 48.2 Å². The van der Waals surface area contributed by atoms with Crippen LogP contribution in [0.1, 0.15) is 18.6 Å². The number of furan rings is 1. The first kappa shape index (κ1) is 13.4. The van der Waals surface area contributed by atoms with E-state index in [0.717, 1.165) is 30.2 Å². The quantitative estimate of drug-likeness (QED) is 0.905. The zero-order valence-electron chi connectivity index (χ0n) is 12.0. The molecule has 3 heteroatoms. The van der Waals surface area contributed by atoms with Gasteiger partial charge in [-0.25, -0.2) is 0 Å². The molecule has 0 aliphatic carbocycles. The Bertz CT molecular complexity index is 535. The highest BCUT2D eigenvalue weighted by Crippen LogP contribution is 2.21. The van der Waals surface area contributed by atoms with Gasteiger partial charge < -0.3 is 14.6 Å². The van der Waals surface area contributed by atoms with Crippen LogP contribution in [0.4, 0.5) is 0 Å². The van der Waals surface area contributed by atoms with Crippen molar-refractivity contribution in [2.24, 2.45) is 0 Å². The largest absolute Gasteiger partial charge is 0.460 e. The minimum absolute atomic E-state index is 0.679. The molecule has 0 radical (unpaired) electrons. The van der Waals surface area contributed by atoms with Crippen molar-refractivity contribution in [1.82, 2.24) is 10.2 Å². The van der Waals surface area contributed by atoms with Crippen LogP contribution in [0.2, 0.25) is 0 Å². The number of likely N-dealkylation sites (N-methyl/N-ethyl adjacent to an activating group) is 1. The fraction of sp³-hybridized carbons (Fsp3) is 0.412. The second-order valence-corrected chi connectivity index (χ2v) is 5.54. The monoisotopic (exact) mass is 270 g/mol. The van der Waals surface area contributed by atoms with E-state index in [2.05, 4.69) is 35.5 Å². The summed E-state index contributed by atoms with van der Waals surface area (Å²) in [4.78, 5) is 2.44. The Morgan fingerprint density at radius 2 is 2.05 bits per heavy atom. The van der Waals surface area contributed by atoms with Gasteiger partial charge in [0.05, 0.1) is 6.54 Å². The number of benzene rings is 1. The number of nitrogens with one attached hydrogen (secondary N) is 1. The summed E-state index contributed by atoms with van der Waals surface area (Å²) in [5.74, 6) is 1.95. The van der Waals surface area contributed by atoms with E-state index in [-0.39, 0.29) is 0 Å². The van der Waals surface area contributed by atoms with Crippen LogP contribution in [-0.4, -0.2) is 31.1 Å². The first-order valence-corrected chi connectivity index (χ1v) is 7.38. The summed E-state index contributed by atoms with van der Waals surface area (Å²) in [6.45, 7) is 3.07. The van der Waals surface area contributed by atoms with Crippen molar-refractivity contribution in [2.45, 2.75) is 25.4 Å². The highest BCUT2D eigenvalue weighted by molar-refractivity contribution is 5.57. The molecular formula is C17H22N2O. The standard InChI is InChI=1S/C17H22N2O/c1-19-11-5-8-15(19)12-18-13-16-9-10-17(20-16)14-6-3-2-4-7-14/h2-4,6-7,9-10,15,18H,5,8,11-13H2,1H3. The molecule has 1 atom stereocenters. The summed E-state index contributed by atoms with van der Waals surface area (Å²) in [5, 5.41) is 3.50. The number of rotatable bonds is 5. The molecule has 0 saturated carbocycles. The molecule has 2 heterocycles. The lowest BCUT2D eigenvalue weighted by Gasteiger charge is -2.19. The molecule has 106 valence electrons. The predicted octanol–water partition coefficient (Wildman–Crippen LogP) is 3.13. The molecule has 1 unspecified atom stereocenters. The van der Waals surface area contributed by atoms with Gasteiger partial charge in [-0.05, 0) is 38.6 Å². The molecule has 1 aromatic heterocycles. The normalized spacial score (nSPS) is 19.6. The SMILES string of the molecule is CN1CCCC1CNCc1ccc(-c2ccccc2)o1. The van der Waals surface area contributed by atoms with Gasteiger partial charge in [0.2, 0.25) is 0 Å². The average molecular weight is 270 g/mol. The van der Waals surface area contributed by atoms with Gasteiger partial charge in [-0.1, -0.05) is 30.3 Å². The number of nitrogens with zero attached hydrogens (tertiary/aromatic N) is 1. The van der Waals surface area contributed by atoms with Gasteiger partial charge in [0.15, 0.2) is 0 Å². The molecule has 0 bridgehead atoms. The van der Waals surface area contributed by atoms with E-state index in [0.29, 0.717) is 6.04 Å². The highest BCUT2D eigenvalue weighted by Gasteiger charge is 2.19. The molecule has 0 amide bonds. The molecule has 3 rings (SSSR count). The number of hydrogen-bond donors (Lipinski definition) is 1. The van der Waals surface area contributed by atoms with Crippen molar-refractivity contribution in [3.8, 4) is 11.3 Å². The zero-order chi connectivity index (χ0) is 13.8. The van der Waals surface area contributed by atoms with Crippen LogP contribution in [-0.2, 0) is 6.54 Å². The third-order valence-electron chi connectivity index (χ3n) is 4.07. The smallest absolute Gasteiger partial charge is 0.134 e. The van der Waals surface area contributed by atoms with Crippen LogP contribution in [0.5, 0.6) is 0 Å². The Morgan fingerprint density at radius 3 is 2.80 bits per heavy atom. The van der Waals surface area contributed by atoms with Gasteiger partial charge in [0.1, 0.15) is 11.5 Å². The summed E-state index contributed by atoms with van der Waals surface area (Å²) in [6, 6.07) is 15.0. The molecule has 1 saturated heterocycles. The van der Waals surface area contributed by atoms with E-state index in [1.807, 2.05) is 24.3 Å². The van der Waals surface area contributed by atoms with E-state index in [9.17, 15) is 0 Å². The third-order valence-corrected chi connectivity index (χ3v) is 4.07. The summed E-state index contributed by atoms with van der Waals surface area (Å²) in [5.41, 5.74) is 1.13. The molecule has 0 spiro atoms. The summed E-state index contributed by atoms with van der Waals surface area (Å²) in [6.07, 6.45) is 2.62. The van der Waals surface area contributed by atoms with Gasteiger partial charge in [-0.2, -0.15) is 0 Å². The van der Waals surface area contributed by atoms with Crippen molar-refractivity contribution < 1.29 is 4.42 Å². The maximum Gasteiger partial charge on any atom is 0.134 e. The third kappa shape index (κ3) is 3.11. The fourth-order valence-electron chi connectivity index (χ4n) is 2.83. The van der Waals surface area contributed by atoms with Crippen LogP contribution in [0.15, 0.2) is 46.9 Å². The molecule has 1 aliphatic rings. The van der Waals surface area contributed by atoms with Crippen molar-refractivity contribution in [2.75, 3.05) is 20.1 Å². The lowest BCUT2D eigenvalue weighted by molar-refractivity contribution is 0.297. The Labute approximate surface area is 120 Å². The van der Waals surface area contributed by atoms with Gasteiger partial charge >= 0.3 is 0 Å². The maximum atomic E-state index is 5.89. The summed E-state index contributed by atoms with van der Waals surface area (Å²) >= 11 is 0. The molecular weight excluding hydrogens is 248 g/mol. The predicted molar refractivity (Wildman–Crippen MR) is 81.5 cm³/mol. The Balaban J connectivity index is 1.53. The molecule has 3 nitrogen and oxygen atoms in total. The van der Waals surface area contributed by atoms with Crippen LogP contribution in [0.3, 0.4) is 0 Å². The average Bonchev–Trinajstić information content (AvgIpc) is 3.10. The van der Waals surface area contributed by atoms with Gasteiger partial charge in [-0.15, -0.1) is 0 Å². The van der Waals surface area contributed by atoms with Crippen molar-refractivity contribution in [3.63, 3.8) is 0 Å². The topological polar surface area (TPSA) is 28.4 Å². The molecule has 20 heavy (non-hydrogen) atoms. The Morgan fingerprint density at radius 1 is 1.20 bits per heavy atom. The maximum absolute atomic E-state index is 5.89. The fourth-order valence-corrected chi connectivity index (χ4v) is 2.83. The summed E-state index contributed by atoms with van der Waals surface area (Å²) in [7, 11) is 2.21. The van der Waals surface area contributed by atoms with Crippen LogP contribution in [0.25, 0.3) is 11.3 Å². The van der Waals surface area contributed by atoms with E-state index < -0.39 is 0 Å². The summed E-state index contributed by atoms with van der Waals surface area (Å²) < 4.78 is 5.89. The first-order valence-electron chi connectivity index (χ1n) is 7.38. The molecule has 1 aliphatic heterocycles. The van der Waals surface area contributed by atoms with E-state index in [1.165, 1.54) is 19.4 Å². The van der Waals surface area contributed by atoms with E-state index in [1.54, 1.807) is 0 Å². The molecule has 1 fully saturated rings. The van der Waals surface area contributed by atoms with Crippen LogP contribution in [0, 0.1) is 0 Å². The molecule has 1 aromatic carbocycles.